The molecule has 7 heteroatoms. The quantitative estimate of drug-likeness (QED) is 0.362. The predicted octanol–water partition coefficient (Wildman–Crippen LogP) is 5.98. The lowest BCUT2D eigenvalue weighted by Gasteiger charge is -2.14. The number of anilines is 1. The number of carbonyl (C=O) groups excluding carboxylic acids is 1. The molecule has 2 aromatic carbocycles. The highest BCUT2D eigenvalue weighted by Crippen LogP contribution is 2.36. The minimum Gasteiger partial charge on any atom is -0.455 e. The first-order chi connectivity index (χ1) is 15.5. The summed E-state index contributed by atoms with van der Waals surface area (Å²) in [6.07, 6.45) is 12.6. The molecule has 0 aliphatic rings. The summed E-state index contributed by atoms with van der Waals surface area (Å²) in [5.74, 6) is -0.132. The van der Waals surface area contributed by atoms with E-state index in [-0.39, 0.29) is 11.7 Å². The van der Waals surface area contributed by atoms with E-state index in [0.717, 1.165) is 18.2 Å². The second kappa shape index (κ2) is 15.8. The second-order valence-electron chi connectivity index (χ2n) is 6.25. The highest BCUT2D eigenvalue weighted by Gasteiger charge is 2.22. The zero-order chi connectivity index (χ0) is 24.7. The van der Waals surface area contributed by atoms with E-state index < -0.39 is 0 Å². The lowest BCUT2D eigenvalue weighted by molar-refractivity contribution is 0.0964. The van der Waals surface area contributed by atoms with Crippen molar-refractivity contribution in [2.45, 2.75) is 26.7 Å². The summed E-state index contributed by atoms with van der Waals surface area (Å²) < 4.78 is 21.2. The van der Waals surface area contributed by atoms with E-state index in [9.17, 15) is 9.18 Å². The van der Waals surface area contributed by atoms with Crippen LogP contribution in [0.5, 0.6) is 0 Å². The molecule has 0 radical (unpaired) electrons. The fraction of sp³-hybridized carbons (Fsp3) is 0.320. The summed E-state index contributed by atoms with van der Waals surface area (Å²) in [6.45, 7) is 4.36. The smallest absolute Gasteiger partial charge is 0.255 e. The van der Waals surface area contributed by atoms with E-state index in [1.165, 1.54) is 25.0 Å². The Morgan fingerprint density at radius 3 is 2.16 bits per heavy atom. The number of aliphatic hydroxyl groups is 1. The van der Waals surface area contributed by atoms with Gasteiger partial charge in [0.2, 0.25) is 0 Å². The molecular weight excluding hydrogens is 427 g/mol. The van der Waals surface area contributed by atoms with Gasteiger partial charge in [-0.1, -0.05) is 38.6 Å². The van der Waals surface area contributed by atoms with Crippen LogP contribution in [0, 0.1) is 18.7 Å². The minimum absolute atomic E-state index is 0.237. The Labute approximate surface area is 195 Å². The third-order valence-corrected chi connectivity index (χ3v) is 5.13. The number of carbonyl (C=O) groups is 1. The zero-order valence-corrected chi connectivity index (χ0v) is 20.4. The Bertz CT molecular complexity index is 966. The van der Waals surface area contributed by atoms with Gasteiger partial charge >= 0.3 is 0 Å². The number of halogens is 1. The lowest BCUT2D eigenvalue weighted by atomic mass is 10.0. The molecule has 0 fully saturated rings. The maximum Gasteiger partial charge on any atom is 0.255 e. The summed E-state index contributed by atoms with van der Waals surface area (Å²) >= 11 is 1.58. The largest absolute Gasteiger partial charge is 0.455 e. The topological polar surface area (TPSA) is 65.7 Å². The molecule has 0 atom stereocenters. The van der Waals surface area contributed by atoms with Crippen LogP contribution in [0.2, 0.25) is 0 Å². The van der Waals surface area contributed by atoms with Crippen molar-refractivity contribution in [2.24, 2.45) is 0 Å². The van der Waals surface area contributed by atoms with Crippen molar-refractivity contribution in [1.29, 1.82) is 0 Å². The number of amides is 1. The number of aliphatic hydroxyl groups excluding tert-OH is 1. The van der Waals surface area contributed by atoms with Gasteiger partial charge in [-0.15, -0.1) is 12.8 Å². The SMILES string of the molecule is C#C.CCCC.CNC(=O)c1c(-c2ccc(F)cc2)oc2cc(N(C)SC)ccc12.CO. The number of fused-ring (bicyclic) bond motifs is 1. The molecule has 32 heavy (non-hydrogen) atoms. The molecule has 0 unspecified atom stereocenters. The van der Waals surface area contributed by atoms with Crippen molar-refractivity contribution in [3.63, 3.8) is 0 Å². The van der Waals surface area contributed by atoms with Gasteiger partial charge in [0.15, 0.2) is 0 Å². The van der Waals surface area contributed by atoms with Gasteiger partial charge in [-0.2, -0.15) is 0 Å². The van der Waals surface area contributed by atoms with E-state index in [2.05, 4.69) is 32.0 Å². The molecule has 3 aromatic rings. The van der Waals surface area contributed by atoms with Crippen molar-refractivity contribution in [2.75, 3.05) is 31.8 Å². The molecule has 0 bridgehead atoms. The summed E-state index contributed by atoms with van der Waals surface area (Å²) in [5, 5.41) is 10.4. The van der Waals surface area contributed by atoms with Gasteiger partial charge in [0.1, 0.15) is 17.2 Å². The Kier molecular flexibility index (Phi) is 14.3. The molecule has 0 aliphatic carbocycles. The van der Waals surface area contributed by atoms with E-state index in [1.54, 1.807) is 31.1 Å². The number of nitrogens with zero attached hydrogens (tertiary/aromatic N) is 1. The number of hydrogen-bond donors (Lipinski definition) is 2. The monoisotopic (exact) mass is 460 g/mol. The summed E-state index contributed by atoms with van der Waals surface area (Å²) in [7, 11) is 4.53. The normalized spacial score (nSPS) is 9.31. The number of furan rings is 1. The first-order valence-corrected chi connectivity index (χ1v) is 11.2. The van der Waals surface area contributed by atoms with E-state index in [4.69, 9.17) is 9.52 Å². The lowest BCUT2D eigenvalue weighted by Crippen LogP contribution is -2.18. The number of terminal acetylenes is 1. The van der Waals surface area contributed by atoms with E-state index in [1.807, 2.05) is 35.8 Å². The Morgan fingerprint density at radius 2 is 1.69 bits per heavy atom. The van der Waals surface area contributed by atoms with Crippen LogP contribution in [0.1, 0.15) is 37.0 Å². The molecule has 1 aromatic heterocycles. The molecule has 0 saturated heterocycles. The Balaban J connectivity index is 0.00000106. The maximum absolute atomic E-state index is 13.2. The van der Waals surface area contributed by atoms with Crippen LogP contribution in [-0.4, -0.2) is 38.5 Å². The van der Waals surface area contributed by atoms with Crippen LogP contribution in [0.15, 0.2) is 46.9 Å². The van der Waals surface area contributed by atoms with Gasteiger partial charge in [0.25, 0.3) is 5.91 Å². The Morgan fingerprint density at radius 1 is 1.12 bits per heavy atom. The first kappa shape index (κ1) is 29.1. The molecule has 1 amide bonds. The Hall–Kier alpha value is -2.95. The third-order valence-electron chi connectivity index (χ3n) is 4.37. The van der Waals surface area contributed by atoms with Crippen molar-refractivity contribution in [3.8, 4) is 24.2 Å². The molecule has 0 spiro atoms. The number of unbranched alkanes of at least 4 members (excludes halogenated alkanes) is 1. The molecule has 0 saturated carbocycles. The second-order valence-corrected chi connectivity index (χ2v) is 7.17. The average Bonchev–Trinajstić information content (AvgIpc) is 3.24. The molecule has 1 heterocycles. The molecule has 3 rings (SSSR count). The first-order valence-electron chi connectivity index (χ1n) is 10.1. The highest BCUT2D eigenvalue weighted by molar-refractivity contribution is 7.99. The van der Waals surface area contributed by atoms with Crippen LogP contribution in [0.3, 0.4) is 0 Å². The fourth-order valence-corrected chi connectivity index (χ4v) is 2.87. The van der Waals surface area contributed by atoms with Crippen molar-refractivity contribution >= 4 is 34.5 Å². The van der Waals surface area contributed by atoms with Gasteiger partial charge < -0.3 is 19.1 Å². The van der Waals surface area contributed by atoms with Gasteiger partial charge in [-0.25, -0.2) is 4.39 Å². The van der Waals surface area contributed by atoms with Crippen molar-refractivity contribution in [1.82, 2.24) is 5.32 Å². The van der Waals surface area contributed by atoms with Crippen LogP contribution >= 0.6 is 11.9 Å². The van der Waals surface area contributed by atoms with Crippen LogP contribution in [-0.2, 0) is 0 Å². The summed E-state index contributed by atoms with van der Waals surface area (Å²) in [5.41, 5.74) is 2.70. The highest BCUT2D eigenvalue weighted by atomic mass is 32.2. The molecular formula is C25H33FN2O3S. The maximum atomic E-state index is 13.2. The van der Waals surface area contributed by atoms with Gasteiger partial charge in [0.05, 0.1) is 11.3 Å². The van der Waals surface area contributed by atoms with Gasteiger partial charge in [0, 0.05) is 44.5 Å². The fourth-order valence-electron chi connectivity index (χ4n) is 2.54. The van der Waals surface area contributed by atoms with Gasteiger partial charge in [-0.3, -0.25) is 4.79 Å². The number of hydrogen-bond acceptors (Lipinski definition) is 5. The van der Waals surface area contributed by atoms with Crippen LogP contribution in [0.4, 0.5) is 10.1 Å². The minimum atomic E-state index is -0.333. The molecule has 5 nitrogen and oxygen atoms in total. The summed E-state index contributed by atoms with van der Waals surface area (Å²) in [4.78, 5) is 12.4. The number of nitrogens with one attached hydrogen (secondary N) is 1. The standard InChI is InChI=1S/C18H17FN2O2S.C4H10.C2H2.CH4O/c1-20-18(22)16-14-9-8-13(21(2)24-3)10-15(14)23-17(16)11-4-6-12(19)7-5-11;1-3-4-2;2*1-2/h4-10H,1-3H3,(H,20,22);3-4H2,1-2H3;1-2H;2H,1H3. The van der Waals surface area contributed by atoms with Crippen LogP contribution < -0.4 is 9.62 Å². The molecule has 174 valence electrons. The number of benzene rings is 2. The zero-order valence-electron chi connectivity index (χ0n) is 19.6. The number of rotatable bonds is 5. The van der Waals surface area contributed by atoms with E-state index >= 15 is 0 Å². The molecule has 2 N–H and O–H groups in total. The van der Waals surface area contributed by atoms with E-state index in [0.29, 0.717) is 22.5 Å². The third kappa shape index (κ3) is 7.63. The summed E-state index contributed by atoms with van der Waals surface area (Å²) in [6, 6.07) is 11.6. The van der Waals surface area contributed by atoms with Crippen molar-refractivity contribution < 1.29 is 18.7 Å². The van der Waals surface area contributed by atoms with Gasteiger partial charge in [-0.05, 0) is 36.4 Å². The van der Waals surface area contributed by atoms with Crippen molar-refractivity contribution in [3.05, 3.63) is 53.8 Å². The molecule has 0 aliphatic heterocycles. The average molecular weight is 461 g/mol. The van der Waals surface area contributed by atoms with Crippen LogP contribution in [0.25, 0.3) is 22.3 Å². The predicted molar refractivity (Wildman–Crippen MR) is 136 cm³/mol.